The third kappa shape index (κ3) is 3.17. The smallest absolute Gasteiger partial charge is 0.123 e. The second-order valence-electron chi connectivity index (χ2n) is 5.07. The van der Waals surface area contributed by atoms with Crippen molar-refractivity contribution in [3.05, 3.63) is 71.0 Å². The first-order valence-corrected chi connectivity index (χ1v) is 6.01. The van der Waals surface area contributed by atoms with Gasteiger partial charge in [0.25, 0.3) is 0 Å². The molecule has 1 N–H and O–H groups in total. The van der Waals surface area contributed by atoms with Crippen LogP contribution < -0.4 is 0 Å². The van der Waals surface area contributed by atoms with Crippen LogP contribution in [-0.2, 0) is 12.0 Å². The minimum absolute atomic E-state index is 0.305. The van der Waals surface area contributed by atoms with Crippen LogP contribution in [0.3, 0.4) is 0 Å². The zero-order chi connectivity index (χ0) is 13.2. The molecule has 2 aromatic carbocycles. The Balaban J connectivity index is 2.32. The lowest BCUT2D eigenvalue weighted by Crippen LogP contribution is -2.16. The van der Waals surface area contributed by atoms with Crippen LogP contribution in [0.5, 0.6) is 0 Å². The largest absolute Gasteiger partial charge is 0.386 e. The first-order chi connectivity index (χ1) is 8.45. The summed E-state index contributed by atoms with van der Waals surface area (Å²) in [5, 5.41) is 9.94. The van der Waals surface area contributed by atoms with Gasteiger partial charge < -0.3 is 5.11 Å². The summed E-state index contributed by atoms with van der Waals surface area (Å²) in [6, 6.07) is 14.7. The number of aliphatic hydroxyl groups is 1. The zero-order valence-electron chi connectivity index (χ0n) is 10.7. The molecule has 94 valence electrons. The van der Waals surface area contributed by atoms with Crippen molar-refractivity contribution in [2.75, 3.05) is 0 Å². The molecule has 0 aromatic heterocycles. The van der Waals surface area contributed by atoms with Crippen LogP contribution >= 0.6 is 0 Å². The molecule has 0 radical (unpaired) electrons. The summed E-state index contributed by atoms with van der Waals surface area (Å²) in [6.07, 6.45) is 0.668. The molecule has 0 atom stereocenters. The molecule has 0 unspecified atom stereocenters. The van der Waals surface area contributed by atoms with Gasteiger partial charge in [-0.2, -0.15) is 0 Å². The topological polar surface area (TPSA) is 20.2 Å². The van der Waals surface area contributed by atoms with Crippen LogP contribution in [0.4, 0.5) is 4.39 Å². The highest BCUT2D eigenvalue weighted by Crippen LogP contribution is 2.23. The number of hydrogen-bond acceptors (Lipinski definition) is 1. The van der Waals surface area contributed by atoms with Gasteiger partial charge in [0.15, 0.2) is 0 Å². The molecule has 0 aliphatic heterocycles. The summed E-state index contributed by atoms with van der Waals surface area (Å²) in [5.74, 6) is -0.305. The van der Waals surface area contributed by atoms with Gasteiger partial charge in [-0.1, -0.05) is 36.4 Å². The van der Waals surface area contributed by atoms with Crippen molar-refractivity contribution in [2.45, 2.75) is 25.9 Å². The molecule has 0 fully saturated rings. The lowest BCUT2D eigenvalue weighted by atomic mass is 9.94. The molecular formula is C16H17FO. The molecular weight excluding hydrogens is 227 g/mol. The SMILES string of the molecule is CC(C)(O)c1cc(F)cc(Cc2ccccc2)c1. The lowest BCUT2D eigenvalue weighted by Gasteiger charge is -2.19. The average Bonchev–Trinajstić information content (AvgIpc) is 2.28. The number of rotatable bonds is 3. The van der Waals surface area contributed by atoms with Crippen LogP contribution in [0, 0.1) is 5.82 Å². The standard InChI is InChI=1S/C16H17FO/c1-16(2,18)14-9-13(10-15(17)11-14)8-12-6-4-3-5-7-12/h3-7,9-11,18H,8H2,1-2H3. The molecule has 2 heteroatoms. The Morgan fingerprint density at radius 1 is 1.00 bits per heavy atom. The fraction of sp³-hybridized carbons (Fsp3) is 0.250. The molecule has 18 heavy (non-hydrogen) atoms. The molecule has 2 aromatic rings. The molecule has 0 aliphatic rings. The lowest BCUT2D eigenvalue weighted by molar-refractivity contribution is 0.0781. The molecule has 0 heterocycles. The van der Waals surface area contributed by atoms with Crippen molar-refractivity contribution in [3.8, 4) is 0 Å². The second-order valence-corrected chi connectivity index (χ2v) is 5.07. The highest BCUT2D eigenvalue weighted by molar-refractivity contribution is 5.32. The minimum atomic E-state index is -1.02. The second kappa shape index (κ2) is 4.91. The van der Waals surface area contributed by atoms with Gasteiger partial charge >= 0.3 is 0 Å². The summed E-state index contributed by atoms with van der Waals surface area (Å²) in [6.45, 7) is 3.32. The summed E-state index contributed by atoms with van der Waals surface area (Å²) < 4.78 is 13.5. The monoisotopic (exact) mass is 244 g/mol. The maximum atomic E-state index is 13.5. The van der Waals surface area contributed by atoms with Gasteiger partial charge in [-0.05, 0) is 49.1 Å². The van der Waals surface area contributed by atoms with Crippen molar-refractivity contribution in [3.63, 3.8) is 0 Å². The Morgan fingerprint density at radius 2 is 1.67 bits per heavy atom. The molecule has 0 saturated carbocycles. The van der Waals surface area contributed by atoms with Gasteiger partial charge in [0.05, 0.1) is 5.60 Å². The highest BCUT2D eigenvalue weighted by atomic mass is 19.1. The van der Waals surface area contributed by atoms with Gasteiger partial charge in [0.2, 0.25) is 0 Å². The average molecular weight is 244 g/mol. The van der Waals surface area contributed by atoms with E-state index in [0.717, 1.165) is 11.1 Å². The predicted octanol–water partition coefficient (Wildman–Crippen LogP) is 3.64. The molecule has 0 amide bonds. The Morgan fingerprint density at radius 3 is 2.28 bits per heavy atom. The number of benzene rings is 2. The normalized spacial score (nSPS) is 11.6. The van der Waals surface area contributed by atoms with E-state index >= 15 is 0 Å². The van der Waals surface area contributed by atoms with E-state index in [4.69, 9.17) is 0 Å². The zero-order valence-corrected chi connectivity index (χ0v) is 10.7. The van der Waals surface area contributed by atoms with Gasteiger partial charge in [-0.3, -0.25) is 0 Å². The number of hydrogen-bond donors (Lipinski definition) is 1. The van der Waals surface area contributed by atoms with Crippen LogP contribution in [0.2, 0.25) is 0 Å². The van der Waals surface area contributed by atoms with E-state index in [0.29, 0.717) is 12.0 Å². The van der Waals surface area contributed by atoms with Crippen molar-refractivity contribution < 1.29 is 9.50 Å². The van der Waals surface area contributed by atoms with E-state index in [9.17, 15) is 9.50 Å². The van der Waals surface area contributed by atoms with Gasteiger partial charge in [0, 0.05) is 0 Å². The molecule has 0 aliphatic carbocycles. The molecule has 0 saturated heterocycles. The molecule has 1 nitrogen and oxygen atoms in total. The van der Waals surface area contributed by atoms with Crippen molar-refractivity contribution in [2.24, 2.45) is 0 Å². The predicted molar refractivity (Wildman–Crippen MR) is 70.9 cm³/mol. The van der Waals surface area contributed by atoms with Crippen LogP contribution in [-0.4, -0.2) is 5.11 Å². The Kier molecular flexibility index (Phi) is 3.48. The van der Waals surface area contributed by atoms with Crippen LogP contribution in [0.25, 0.3) is 0 Å². The summed E-state index contributed by atoms with van der Waals surface area (Å²) in [5.41, 5.74) is 1.59. The third-order valence-electron chi connectivity index (χ3n) is 2.92. The summed E-state index contributed by atoms with van der Waals surface area (Å²) in [7, 11) is 0. The highest BCUT2D eigenvalue weighted by Gasteiger charge is 2.17. The molecule has 0 spiro atoms. The van der Waals surface area contributed by atoms with E-state index in [-0.39, 0.29) is 5.82 Å². The fourth-order valence-corrected chi connectivity index (χ4v) is 1.94. The van der Waals surface area contributed by atoms with E-state index in [1.807, 2.05) is 36.4 Å². The van der Waals surface area contributed by atoms with Crippen molar-refractivity contribution in [1.29, 1.82) is 0 Å². The quantitative estimate of drug-likeness (QED) is 0.874. The Hall–Kier alpha value is -1.67. The van der Waals surface area contributed by atoms with E-state index in [2.05, 4.69) is 0 Å². The summed E-state index contributed by atoms with van der Waals surface area (Å²) >= 11 is 0. The van der Waals surface area contributed by atoms with Crippen LogP contribution in [0.1, 0.15) is 30.5 Å². The van der Waals surface area contributed by atoms with Crippen molar-refractivity contribution >= 4 is 0 Å². The first kappa shape index (κ1) is 12.8. The summed E-state index contributed by atoms with van der Waals surface area (Å²) in [4.78, 5) is 0. The van der Waals surface area contributed by atoms with E-state index in [1.165, 1.54) is 12.1 Å². The first-order valence-electron chi connectivity index (χ1n) is 6.01. The Bertz CT molecular complexity index is 527. The van der Waals surface area contributed by atoms with Gasteiger partial charge in [-0.25, -0.2) is 4.39 Å². The number of halogens is 1. The van der Waals surface area contributed by atoms with E-state index in [1.54, 1.807) is 13.8 Å². The minimum Gasteiger partial charge on any atom is -0.386 e. The van der Waals surface area contributed by atoms with Gasteiger partial charge in [0.1, 0.15) is 5.82 Å². The fourth-order valence-electron chi connectivity index (χ4n) is 1.94. The molecule has 2 rings (SSSR count). The van der Waals surface area contributed by atoms with Gasteiger partial charge in [-0.15, -0.1) is 0 Å². The van der Waals surface area contributed by atoms with Crippen molar-refractivity contribution in [1.82, 2.24) is 0 Å². The third-order valence-corrected chi connectivity index (χ3v) is 2.92. The molecule has 0 bridgehead atoms. The van der Waals surface area contributed by atoms with E-state index < -0.39 is 5.60 Å². The maximum Gasteiger partial charge on any atom is 0.123 e. The Labute approximate surface area is 107 Å². The maximum absolute atomic E-state index is 13.5. The van der Waals surface area contributed by atoms with Crippen LogP contribution in [0.15, 0.2) is 48.5 Å².